The zero-order valence-electron chi connectivity index (χ0n) is 19.7. The van der Waals surface area contributed by atoms with Gasteiger partial charge in [0.15, 0.2) is 0 Å². The third-order valence-corrected chi connectivity index (χ3v) is 7.84. The number of hydrogen-bond donors (Lipinski definition) is 1. The largest absolute Gasteiger partial charge is 0.494 e. The second-order valence-corrected chi connectivity index (χ2v) is 10.7. The number of nitrogens with one attached hydrogen (secondary N) is 1. The average molecular weight is 508 g/mol. The Bertz CT molecular complexity index is 1010. The van der Waals surface area contributed by atoms with E-state index in [-0.39, 0.29) is 17.3 Å². The molecule has 0 spiro atoms. The number of sulfonamides is 1. The van der Waals surface area contributed by atoms with Crippen LogP contribution in [-0.2, 0) is 14.8 Å². The maximum atomic E-state index is 13.4. The van der Waals surface area contributed by atoms with Crippen LogP contribution in [0.5, 0.6) is 5.75 Å². The highest BCUT2D eigenvalue weighted by Gasteiger charge is 2.27. The van der Waals surface area contributed by atoms with Crippen molar-refractivity contribution >= 4 is 33.2 Å². The van der Waals surface area contributed by atoms with Crippen LogP contribution in [0.2, 0.25) is 5.02 Å². The molecule has 9 heteroatoms. The van der Waals surface area contributed by atoms with Gasteiger partial charge in [0, 0.05) is 11.6 Å². The van der Waals surface area contributed by atoms with E-state index >= 15 is 0 Å². The molecule has 0 saturated carbocycles. The molecule has 1 aliphatic heterocycles. The fourth-order valence-corrected chi connectivity index (χ4v) is 5.55. The molecule has 1 aliphatic rings. The summed E-state index contributed by atoms with van der Waals surface area (Å²) in [5, 5.41) is 3.32. The van der Waals surface area contributed by atoms with Crippen molar-refractivity contribution in [1.82, 2.24) is 10.2 Å². The third-order valence-electron chi connectivity index (χ3n) is 5.80. The number of carbonyl (C=O) groups is 1. The van der Waals surface area contributed by atoms with Gasteiger partial charge in [-0.25, -0.2) is 8.42 Å². The predicted molar refractivity (Wildman–Crippen MR) is 136 cm³/mol. The van der Waals surface area contributed by atoms with E-state index in [0.29, 0.717) is 29.6 Å². The van der Waals surface area contributed by atoms with E-state index < -0.39 is 10.0 Å². The van der Waals surface area contributed by atoms with Crippen LogP contribution in [0.3, 0.4) is 0 Å². The molecular weight excluding hydrogens is 474 g/mol. The number of likely N-dealkylation sites (tertiary alicyclic amines) is 1. The van der Waals surface area contributed by atoms with Gasteiger partial charge in [0.25, 0.3) is 10.0 Å². The lowest BCUT2D eigenvalue weighted by molar-refractivity contribution is -0.119. The van der Waals surface area contributed by atoms with Crippen LogP contribution in [0.4, 0.5) is 5.69 Å². The van der Waals surface area contributed by atoms with E-state index in [2.05, 4.69) is 10.2 Å². The van der Waals surface area contributed by atoms with E-state index in [1.165, 1.54) is 49.9 Å². The van der Waals surface area contributed by atoms with Gasteiger partial charge in [0.1, 0.15) is 12.3 Å². The molecule has 0 atom stereocenters. The Kier molecular flexibility index (Phi) is 10.0. The van der Waals surface area contributed by atoms with Crippen LogP contribution in [0.1, 0.15) is 39.0 Å². The van der Waals surface area contributed by atoms with Crippen molar-refractivity contribution < 1.29 is 17.9 Å². The Morgan fingerprint density at radius 2 is 1.68 bits per heavy atom. The van der Waals surface area contributed by atoms with E-state index in [1.54, 1.807) is 24.3 Å². The monoisotopic (exact) mass is 507 g/mol. The summed E-state index contributed by atoms with van der Waals surface area (Å²) in [6.45, 7) is 5.73. The molecule has 2 aromatic rings. The lowest BCUT2D eigenvalue weighted by Gasteiger charge is -2.24. The minimum atomic E-state index is -3.98. The molecule has 0 aromatic heterocycles. The van der Waals surface area contributed by atoms with Crippen molar-refractivity contribution in [2.24, 2.45) is 0 Å². The standard InChI is InChI=1S/C25H34ClN3O4S/c1-2-33-23-12-10-22(11-13-23)29(34(31,32)24-14-8-21(26)9-15-24)20-25(30)27-16-7-19-28-17-5-3-4-6-18-28/h8-15H,2-7,16-20H2,1H3,(H,27,30). The molecule has 1 heterocycles. The Hall–Kier alpha value is -2.29. The number of amides is 1. The van der Waals surface area contributed by atoms with Gasteiger partial charge in [-0.2, -0.15) is 0 Å². The Morgan fingerprint density at radius 3 is 2.29 bits per heavy atom. The predicted octanol–water partition coefficient (Wildman–Crippen LogP) is 4.32. The Labute approximate surface area is 208 Å². The number of anilines is 1. The Morgan fingerprint density at radius 1 is 1.03 bits per heavy atom. The number of benzene rings is 2. The number of ether oxygens (including phenoxy) is 1. The highest BCUT2D eigenvalue weighted by Crippen LogP contribution is 2.26. The molecule has 0 bridgehead atoms. The van der Waals surface area contributed by atoms with Crippen molar-refractivity contribution in [2.75, 3.05) is 43.6 Å². The molecule has 34 heavy (non-hydrogen) atoms. The molecule has 1 N–H and O–H groups in total. The first-order valence-corrected chi connectivity index (χ1v) is 13.7. The SMILES string of the molecule is CCOc1ccc(N(CC(=O)NCCCN2CCCCCC2)S(=O)(=O)c2ccc(Cl)cc2)cc1. The van der Waals surface area contributed by atoms with Crippen LogP contribution < -0.4 is 14.4 Å². The van der Waals surface area contributed by atoms with E-state index in [0.717, 1.165) is 30.4 Å². The summed E-state index contributed by atoms with van der Waals surface area (Å²) in [5.74, 6) is 0.287. The lowest BCUT2D eigenvalue weighted by Crippen LogP contribution is -2.41. The van der Waals surface area contributed by atoms with Gasteiger partial charge in [-0.1, -0.05) is 24.4 Å². The van der Waals surface area contributed by atoms with Crippen molar-refractivity contribution in [3.05, 3.63) is 53.6 Å². The molecule has 2 aromatic carbocycles. The van der Waals surface area contributed by atoms with Crippen LogP contribution in [0.15, 0.2) is 53.4 Å². The van der Waals surface area contributed by atoms with E-state index in [4.69, 9.17) is 16.3 Å². The number of halogens is 1. The molecule has 1 amide bonds. The van der Waals surface area contributed by atoms with Crippen LogP contribution in [0.25, 0.3) is 0 Å². The summed E-state index contributed by atoms with van der Waals surface area (Å²) < 4.78 is 33.4. The summed E-state index contributed by atoms with van der Waals surface area (Å²) in [6.07, 6.45) is 5.87. The molecule has 1 saturated heterocycles. The maximum Gasteiger partial charge on any atom is 0.264 e. The van der Waals surface area contributed by atoms with E-state index in [9.17, 15) is 13.2 Å². The molecule has 7 nitrogen and oxygen atoms in total. The zero-order chi connectivity index (χ0) is 24.4. The van der Waals surface area contributed by atoms with Crippen LogP contribution >= 0.6 is 11.6 Å². The van der Waals surface area contributed by atoms with Gasteiger partial charge >= 0.3 is 0 Å². The van der Waals surface area contributed by atoms with Crippen LogP contribution in [0, 0.1) is 0 Å². The topological polar surface area (TPSA) is 79.0 Å². The fourth-order valence-electron chi connectivity index (χ4n) is 4.00. The van der Waals surface area contributed by atoms with Gasteiger partial charge in [0.2, 0.25) is 5.91 Å². The number of carbonyl (C=O) groups excluding carboxylic acids is 1. The van der Waals surface area contributed by atoms with Gasteiger partial charge in [-0.05, 0) is 94.4 Å². The quantitative estimate of drug-likeness (QED) is 0.458. The van der Waals surface area contributed by atoms with Gasteiger partial charge in [-0.3, -0.25) is 9.10 Å². The third kappa shape index (κ3) is 7.61. The number of hydrogen-bond acceptors (Lipinski definition) is 5. The van der Waals surface area contributed by atoms with Gasteiger partial charge in [-0.15, -0.1) is 0 Å². The second kappa shape index (κ2) is 13.0. The normalized spacial score (nSPS) is 14.9. The van der Waals surface area contributed by atoms with Crippen molar-refractivity contribution in [3.63, 3.8) is 0 Å². The van der Waals surface area contributed by atoms with Crippen molar-refractivity contribution in [3.8, 4) is 5.75 Å². The number of nitrogens with zero attached hydrogens (tertiary/aromatic N) is 2. The van der Waals surface area contributed by atoms with Crippen molar-refractivity contribution in [1.29, 1.82) is 0 Å². The van der Waals surface area contributed by atoms with Gasteiger partial charge < -0.3 is 15.0 Å². The molecule has 3 rings (SSSR count). The first-order chi connectivity index (χ1) is 16.4. The molecule has 0 unspecified atom stereocenters. The highest BCUT2D eigenvalue weighted by molar-refractivity contribution is 7.92. The average Bonchev–Trinajstić information content (AvgIpc) is 3.10. The van der Waals surface area contributed by atoms with E-state index in [1.807, 2.05) is 6.92 Å². The van der Waals surface area contributed by atoms with Crippen LogP contribution in [-0.4, -0.2) is 58.6 Å². The smallest absolute Gasteiger partial charge is 0.264 e. The molecule has 186 valence electrons. The summed E-state index contributed by atoms with van der Waals surface area (Å²) in [5.41, 5.74) is 0.387. The lowest BCUT2D eigenvalue weighted by atomic mass is 10.2. The molecule has 0 aliphatic carbocycles. The minimum Gasteiger partial charge on any atom is -0.494 e. The molecular formula is C25H34ClN3O4S. The maximum absolute atomic E-state index is 13.4. The fraction of sp³-hybridized carbons (Fsp3) is 0.480. The first-order valence-electron chi connectivity index (χ1n) is 11.9. The minimum absolute atomic E-state index is 0.0692. The summed E-state index contributed by atoms with van der Waals surface area (Å²) in [6, 6.07) is 12.6. The highest BCUT2D eigenvalue weighted by atomic mass is 35.5. The summed E-state index contributed by atoms with van der Waals surface area (Å²) in [4.78, 5) is 15.3. The Balaban J connectivity index is 1.67. The number of rotatable bonds is 11. The summed E-state index contributed by atoms with van der Waals surface area (Å²) >= 11 is 5.94. The summed E-state index contributed by atoms with van der Waals surface area (Å²) in [7, 11) is -3.98. The zero-order valence-corrected chi connectivity index (χ0v) is 21.3. The van der Waals surface area contributed by atoms with Crippen molar-refractivity contribution in [2.45, 2.75) is 43.9 Å². The molecule has 0 radical (unpaired) electrons. The molecule has 1 fully saturated rings. The van der Waals surface area contributed by atoms with Gasteiger partial charge in [0.05, 0.1) is 17.2 Å². The second-order valence-electron chi connectivity index (χ2n) is 8.35. The first kappa shape index (κ1) is 26.3.